The van der Waals surface area contributed by atoms with E-state index < -0.39 is 0 Å². The lowest BCUT2D eigenvalue weighted by molar-refractivity contribution is 0.317. The molecule has 0 spiro atoms. The standard InChI is InChI=1S/C17H19N3O/c1-3-10-21-14-6-4-13(5-7-14)16-17(18)20-9-8-12(2)11-15(20)19-16/h4-9,11H,3,10,18H2,1-2H3. The maximum atomic E-state index is 6.21. The summed E-state index contributed by atoms with van der Waals surface area (Å²) in [4.78, 5) is 4.63. The van der Waals surface area contributed by atoms with Gasteiger partial charge in [-0.25, -0.2) is 4.98 Å². The highest BCUT2D eigenvalue weighted by Gasteiger charge is 2.11. The summed E-state index contributed by atoms with van der Waals surface area (Å²) in [5.74, 6) is 1.53. The van der Waals surface area contributed by atoms with Gasteiger partial charge in [0.15, 0.2) is 0 Å². The highest BCUT2D eigenvalue weighted by molar-refractivity contribution is 5.75. The molecule has 2 aromatic heterocycles. The molecule has 0 aliphatic rings. The van der Waals surface area contributed by atoms with E-state index >= 15 is 0 Å². The second kappa shape index (κ2) is 5.48. The van der Waals surface area contributed by atoms with Crippen molar-refractivity contribution in [2.45, 2.75) is 20.3 Å². The van der Waals surface area contributed by atoms with Gasteiger partial charge in [0, 0.05) is 11.8 Å². The Hall–Kier alpha value is -2.49. The van der Waals surface area contributed by atoms with Crippen LogP contribution in [0.15, 0.2) is 42.6 Å². The van der Waals surface area contributed by atoms with E-state index in [1.54, 1.807) is 0 Å². The Morgan fingerprint density at radius 1 is 1.19 bits per heavy atom. The van der Waals surface area contributed by atoms with Gasteiger partial charge in [0.05, 0.1) is 6.61 Å². The lowest BCUT2D eigenvalue weighted by Gasteiger charge is -2.05. The maximum Gasteiger partial charge on any atom is 0.139 e. The molecule has 0 radical (unpaired) electrons. The SMILES string of the molecule is CCCOc1ccc(-c2nc3cc(C)ccn3c2N)cc1. The maximum absolute atomic E-state index is 6.21. The fourth-order valence-corrected chi connectivity index (χ4v) is 2.31. The van der Waals surface area contributed by atoms with Crippen molar-refractivity contribution in [3.8, 4) is 17.0 Å². The third-order valence-electron chi connectivity index (χ3n) is 3.42. The highest BCUT2D eigenvalue weighted by atomic mass is 16.5. The van der Waals surface area contributed by atoms with Crippen molar-refractivity contribution >= 4 is 11.5 Å². The first-order valence-corrected chi connectivity index (χ1v) is 7.16. The molecule has 0 atom stereocenters. The summed E-state index contributed by atoms with van der Waals surface area (Å²) in [6, 6.07) is 12.0. The summed E-state index contributed by atoms with van der Waals surface area (Å²) in [6.45, 7) is 4.87. The van der Waals surface area contributed by atoms with Gasteiger partial charge in [-0.3, -0.25) is 4.40 Å². The largest absolute Gasteiger partial charge is 0.494 e. The van der Waals surface area contributed by atoms with Gasteiger partial charge in [-0.05, 0) is 55.3 Å². The second-order valence-corrected chi connectivity index (χ2v) is 5.15. The predicted molar refractivity (Wildman–Crippen MR) is 85.6 cm³/mol. The van der Waals surface area contributed by atoms with Crippen LogP contribution in [0.5, 0.6) is 5.75 Å². The van der Waals surface area contributed by atoms with E-state index in [4.69, 9.17) is 10.5 Å². The molecule has 0 aliphatic heterocycles. The first-order chi connectivity index (χ1) is 10.2. The van der Waals surface area contributed by atoms with Crippen LogP contribution in [-0.4, -0.2) is 16.0 Å². The molecule has 0 bridgehead atoms. The van der Waals surface area contributed by atoms with Gasteiger partial charge < -0.3 is 10.5 Å². The summed E-state index contributed by atoms with van der Waals surface area (Å²) in [6.07, 6.45) is 2.95. The van der Waals surface area contributed by atoms with Crippen molar-refractivity contribution < 1.29 is 4.74 Å². The number of imidazole rings is 1. The van der Waals surface area contributed by atoms with E-state index in [0.717, 1.165) is 35.7 Å². The number of nitrogens with zero attached hydrogens (tertiary/aromatic N) is 2. The molecule has 0 unspecified atom stereocenters. The minimum atomic E-state index is 0.659. The lowest BCUT2D eigenvalue weighted by Crippen LogP contribution is -1.95. The Kier molecular flexibility index (Phi) is 3.52. The number of hydrogen-bond acceptors (Lipinski definition) is 3. The molecule has 108 valence electrons. The number of rotatable bonds is 4. The number of pyridine rings is 1. The number of hydrogen-bond donors (Lipinski definition) is 1. The Morgan fingerprint density at radius 3 is 2.67 bits per heavy atom. The lowest BCUT2D eigenvalue weighted by atomic mass is 10.1. The molecule has 0 fully saturated rings. The van der Waals surface area contributed by atoms with Gasteiger partial charge >= 0.3 is 0 Å². The molecule has 4 nitrogen and oxygen atoms in total. The zero-order valence-corrected chi connectivity index (χ0v) is 12.3. The average Bonchev–Trinajstić information content (AvgIpc) is 2.82. The normalized spacial score (nSPS) is 11.0. The van der Waals surface area contributed by atoms with Crippen molar-refractivity contribution in [3.63, 3.8) is 0 Å². The monoisotopic (exact) mass is 281 g/mol. The van der Waals surface area contributed by atoms with Gasteiger partial charge in [-0.2, -0.15) is 0 Å². The van der Waals surface area contributed by atoms with Gasteiger partial charge in [0.2, 0.25) is 0 Å². The molecule has 3 rings (SSSR count). The quantitative estimate of drug-likeness (QED) is 0.793. The van der Waals surface area contributed by atoms with E-state index in [-0.39, 0.29) is 0 Å². The van der Waals surface area contributed by atoms with Crippen molar-refractivity contribution in [1.82, 2.24) is 9.38 Å². The smallest absolute Gasteiger partial charge is 0.139 e. The van der Waals surface area contributed by atoms with Crippen LogP contribution in [0.2, 0.25) is 0 Å². The average molecular weight is 281 g/mol. The summed E-state index contributed by atoms with van der Waals surface area (Å²) in [7, 11) is 0. The zero-order chi connectivity index (χ0) is 14.8. The van der Waals surface area contributed by atoms with Crippen molar-refractivity contribution in [3.05, 3.63) is 48.2 Å². The number of nitrogen functional groups attached to an aromatic ring is 1. The molecule has 0 saturated carbocycles. The van der Waals surface area contributed by atoms with Crippen LogP contribution < -0.4 is 10.5 Å². The highest BCUT2D eigenvalue weighted by Crippen LogP contribution is 2.28. The molecule has 0 aliphatic carbocycles. The summed E-state index contributed by atoms with van der Waals surface area (Å²) < 4.78 is 7.50. The van der Waals surface area contributed by atoms with Crippen LogP contribution >= 0.6 is 0 Å². The molecule has 0 amide bonds. The number of ether oxygens (including phenoxy) is 1. The third kappa shape index (κ3) is 2.57. The fourth-order valence-electron chi connectivity index (χ4n) is 2.31. The Labute approximate surface area is 124 Å². The first-order valence-electron chi connectivity index (χ1n) is 7.16. The van der Waals surface area contributed by atoms with Crippen molar-refractivity contribution in [1.29, 1.82) is 0 Å². The first kappa shape index (κ1) is 13.5. The molecule has 21 heavy (non-hydrogen) atoms. The Morgan fingerprint density at radius 2 is 1.95 bits per heavy atom. The molecule has 4 heteroatoms. The predicted octanol–water partition coefficient (Wildman–Crippen LogP) is 3.68. The minimum Gasteiger partial charge on any atom is -0.494 e. The van der Waals surface area contributed by atoms with E-state index in [1.807, 2.05) is 53.9 Å². The molecular weight excluding hydrogens is 262 g/mol. The number of anilines is 1. The summed E-state index contributed by atoms with van der Waals surface area (Å²) in [5, 5.41) is 0. The van der Waals surface area contributed by atoms with E-state index in [9.17, 15) is 0 Å². The zero-order valence-electron chi connectivity index (χ0n) is 12.3. The summed E-state index contributed by atoms with van der Waals surface area (Å²) in [5.41, 5.74) is 10.1. The van der Waals surface area contributed by atoms with Crippen molar-refractivity contribution in [2.75, 3.05) is 12.3 Å². The Bertz CT molecular complexity index is 760. The van der Waals surface area contributed by atoms with E-state index in [1.165, 1.54) is 5.56 Å². The van der Waals surface area contributed by atoms with Crippen molar-refractivity contribution in [2.24, 2.45) is 0 Å². The number of aryl methyl sites for hydroxylation is 1. The topological polar surface area (TPSA) is 52.5 Å². The number of benzene rings is 1. The van der Waals surface area contributed by atoms with E-state index in [2.05, 4.69) is 11.9 Å². The summed E-state index contributed by atoms with van der Waals surface area (Å²) >= 11 is 0. The molecule has 2 N–H and O–H groups in total. The molecule has 1 aromatic carbocycles. The molecular formula is C17H19N3O. The number of fused-ring (bicyclic) bond motifs is 1. The van der Waals surface area contributed by atoms with E-state index in [0.29, 0.717) is 5.82 Å². The van der Waals surface area contributed by atoms with Crippen LogP contribution in [-0.2, 0) is 0 Å². The van der Waals surface area contributed by atoms with Crippen LogP contribution in [0.25, 0.3) is 16.9 Å². The third-order valence-corrected chi connectivity index (χ3v) is 3.42. The molecule has 0 saturated heterocycles. The van der Waals surface area contributed by atoms with Crippen LogP contribution in [0, 0.1) is 6.92 Å². The number of nitrogens with two attached hydrogens (primary N) is 1. The molecule has 2 heterocycles. The van der Waals surface area contributed by atoms with Gasteiger partial charge in [-0.1, -0.05) is 6.92 Å². The van der Waals surface area contributed by atoms with Gasteiger partial charge in [0.25, 0.3) is 0 Å². The number of aromatic nitrogens is 2. The Balaban J connectivity index is 1.98. The molecule has 3 aromatic rings. The van der Waals surface area contributed by atoms with Crippen LogP contribution in [0.1, 0.15) is 18.9 Å². The van der Waals surface area contributed by atoms with Crippen LogP contribution in [0.3, 0.4) is 0 Å². The minimum absolute atomic E-state index is 0.659. The second-order valence-electron chi connectivity index (χ2n) is 5.15. The van der Waals surface area contributed by atoms with Gasteiger partial charge in [0.1, 0.15) is 22.9 Å². The van der Waals surface area contributed by atoms with Gasteiger partial charge in [-0.15, -0.1) is 0 Å². The fraction of sp³-hybridized carbons (Fsp3) is 0.235. The van der Waals surface area contributed by atoms with Crippen LogP contribution in [0.4, 0.5) is 5.82 Å².